The van der Waals surface area contributed by atoms with Crippen LogP contribution in [-0.2, 0) is 4.74 Å². The Labute approximate surface area is 79.5 Å². The molecule has 0 aliphatic heterocycles. The van der Waals surface area contributed by atoms with Gasteiger partial charge in [0.1, 0.15) is 5.52 Å². The summed E-state index contributed by atoms with van der Waals surface area (Å²) in [6, 6.07) is 5.12. The molecule has 0 atom stereocenters. The average Bonchev–Trinajstić information content (AvgIpc) is 2.62. The predicted octanol–water partition coefficient (Wildman–Crippen LogP) is 1.20. The number of benzene rings is 1. The van der Waals surface area contributed by atoms with E-state index in [9.17, 15) is 4.79 Å². The molecule has 72 valence electrons. The fourth-order valence-corrected chi connectivity index (χ4v) is 1.14. The van der Waals surface area contributed by atoms with Gasteiger partial charge in [-0.2, -0.15) is 0 Å². The SMILES string of the molecule is COC(=O)c1nc2cccc(N)c2o1. The second-order valence-corrected chi connectivity index (χ2v) is 2.71. The summed E-state index contributed by atoms with van der Waals surface area (Å²) < 4.78 is 9.61. The van der Waals surface area contributed by atoms with Crippen LogP contribution < -0.4 is 5.73 Å². The lowest BCUT2D eigenvalue weighted by atomic mass is 10.3. The van der Waals surface area contributed by atoms with E-state index in [-0.39, 0.29) is 5.89 Å². The zero-order chi connectivity index (χ0) is 10.1. The summed E-state index contributed by atoms with van der Waals surface area (Å²) in [5.74, 6) is -0.694. The van der Waals surface area contributed by atoms with Crippen LogP contribution in [0.25, 0.3) is 11.1 Å². The maximum Gasteiger partial charge on any atom is 0.394 e. The maximum atomic E-state index is 11.1. The molecule has 0 radical (unpaired) electrons. The van der Waals surface area contributed by atoms with Crippen molar-refractivity contribution in [2.24, 2.45) is 0 Å². The maximum absolute atomic E-state index is 11.1. The van der Waals surface area contributed by atoms with E-state index in [2.05, 4.69) is 9.72 Å². The third kappa shape index (κ3) is 1.19. The molecule has 1 aromatic heterocycles. The predicted molar refractivity (Wildman–Crippen MR) is 49.8 cm³/mol. The van der Waals surface area contributed by atoms with Crippen molar-refractivity contribution in [1.29, 1.82) is 0 Å². The lowest BCUT2D eigenvalue weighted by Crippen LogP contribution is -2.00. The van der Waals surface area contributed by atoms with E-state index < -0.39 is 5.97 Å². The summed E-state index contributed by atoms with van der Waals surface area (Å²) in [5, 5.41) is 0. The smallest absolute Gasteiger partial charge is 0.394 e. The molecule has 0 aliphatic carbocycles. The van der Waals surface area contributed by atoms with Crippen LogP contribution in [-0.4, -0.2) is 18.1 Å². The quantitative estimate of drug-likeness (QED) is 0.542. The number of nitrogen functional groups attached to an aromatic ring is 1. The van der Waals surface area contributed by atoms with Crippen molar-refractivity contribution in [1.82, 2.24) is 4.98 Å². The van der Waals surface area contributed by atoms with Gasteiger partial charge in [0.15, 0.2) is 5.58 Å². The Balaban J connectivity index is 2.62. The molecule has 14 heavy (non-hydrogen) atoms. The van der Waals surface area contributed by atoms with Gasteiger partial charge in [0.2, 0.25) is 0 Å². The number of oxazole rings is 1. The molecule has 1 aromatic carbocycles. The van der Waals surface area contributed by atoms with Crippen molar-refractivity contribution in [2.45, 2.75) is 0 Å². The molecule has 0 fully saturated rings. The normalized spacial score (nSPS) is 10.4. The summed E-state index contributed by atoms with van der Waals surface area (Å²) in [5.41, 5.74) is 7.03. The van der Waals surface area contributed by atoms with Crippen LogP contribution in [0.2, 0.25) is 0 Å². The van der Waals surface area contributed by atoms with E-state index in [1.54, 1.807) is 18.2 Å². The van der Waals surface area contributed by atoms with Crippen LogP contribution in [0, 0.1) is 0 Å². The Morgan fingerprint density at radius 2 is 2.36 bits per heavy atom. The minimum absolute atomic E-state index is 0.0830. The molecule has 0 saturated heterocycles. The van der Waals surface area contributed by atoms with Crippen LogP contribution in [0.3, 0.4) is 0 Å². The molecule has 2 N–H and O–H groups in total. The zero-order valence-corrected chi connectivity index (χ0v) is 7.48. The Bertz CT molecular complexity index is 490. The van der Waals surface area contributed by atoms with Crippen molar-refractivity contribution < 1.29 is 13.9 Å². The second kappa shape index (κ2) is 3.02. The van der Waals surface area contributed by atoms with Gasteiger partial charge in [-0.3, -0.25) is 0 Å². The Kier molecular flexibility index (Phi) is 1.85. The summed E-state index contributed by atoms with van der Waals surface area (Å²) in [6.45, 7) is 0. The van der Waals surface area contributed by atoms with Crippen molar-refractivity contribution in [2.75, 3.05) is 12.8 Å². The van der Waals surface area contributed by atoms with Crippen molar-refractivity contribution in [3.05, 3.63) is 24.1 Å². The van der Waals surface area contributed by atoms with Crippen molar-refractivity contribution in [3.8, 4) is 0 Å². The molecule has 0 spiro atoms. The Hall–Kier alpha value is -2.04. The number of esters is 1. The minimum Gasteiger partial charge on any atom is -0.462 e. The first-order chi connectivity index (χ1) is 6.72. The van der Waals surface area contributed by atoms with E-state index >= 15 is 0 Å². The number of hydrogen-bond acceptors (Lipinski definition) is 5. The monoisotopic (exact) mass is 192 g/mol. The van der Waals surface area contributed by atoms with Gasteiger partial charge in [0, 0.05) is 0 Å². The van der Waals surface area contributed by atoms with E-state index in [1.807, 2.05) is 0 Å². The van der Waals surface area contributed by atoms with E-state index in [1.165, 1.54) is 7.11 Å². The number of aromatic nitrogens is 1. The number of fused-ring (bicyclic) bond motifs is 1. The van der Waals surface area contributed by atoms with Crippen molar-refractivity contribution >= 4 is 22.8 Å². The third-order valence-electron chi connectivity index (χ3n) is 1.81. The number of anilines is 1. The highest BCUT2D eigenvalue weighted by atomic mass is 16.5. The highest BCUT2D eigenvalue weighted by Gasteiger charge is 2.15. The first kappa shape index (κ1) is 8.55. The van der Waals surface area contributed by atoms with Gasteiger partial charge in [-0.25, -0.2) is 9.78 Å². The van der Waals surface area contributed by atoms with Crippen LogP contribution in [0.5, 0.6) is 0 Å². The molecule has 0 saturated carbocycles. The number of carbonyl (C=O) groups is 1. The number of hydrogen-bond donors (Lipinski definition) is 1. The fraction of sp³-hybridized carbons (Fsp3) is 0.111. The number of para-hydroxylation sites is 1. The molecule has 0 amide bonds. The topological polar surface area (TPSA) is 78.3 Å². The zero-order valence-electron chi connectivity index (χ0n) is 7.48. The van der Waals surface area contributed by atoms with Gasteiger partial charge in [0.25, 0.3) is 0 Å². The average molecular weight is 192 g/mol. The third-order valence-corrected chi connectivity index (χ3v) is 1.81. The number of carbonyl (C=O) groups excluding carboxylic acids is 1. The highest BCUT2D eigenvalue weighted by molar-refractivity contribution is 5.91. The lowest BCUT2D eigenvalue weighted by Gasteiger charge is -1.91. The van der Waals surface area contributed by atoms with E-state index in [0.717, 1.165) is 0 Å². The number of ether oxygens (including phenoxy) is 1. The molecule has 0 bridgehead atoms. The molecule has 0 unspecified atom stereocenters. The Morgan fingerprint density at radius 3 is 3.00 bits per heavy atom. The number of methoxy groups -OCH3 is 1. The number of rotatable bonds is 1. The molecule has 1 heterocycles. The minimum atomic E-state index is -0.611. The van der Waals surface area contributed by atoms with E-state index in [4.69, 9.17) is 10.2 Å². The molecule has 0 aliphatic rings. The van der Waals surface area contributed by atoms with Crippen LogP contribution in [0.4, 0.5) is 5.69 Å². The van der Waals surface area contributed by atoms with E-state index in [0.29, 0.717) is 16.8 Å². The fourth-order valence-electron chi connectivity index (χ4n) is 1.14. The van der Waals surface area contributed by atoms with Crippen molar-refractivity contribution in [3.63, 3.8) is 0 Å². The first-order valence-electron chi connectivity index (χ1n) is 3.95. The van der Waals surface area contributed by atoms with Crippen LogP contribution in [0.15, 0.2) is 22.6 Å². The molecule has 2 aromatic rings. The molecule has 5 nitrogen and oxygen atoms in total. The standard InChI is InChI=1S/C9H8N2O3/c1-13-9(12)8-11-6-4-2-3-5(10)7(6)14-8/h2-4H,10H2,1H3. The molecular weight excluding hydrogens is 184 g/mol. The Morgan fingerprint density at radius 1 is 1.57 bits per heavy atom. The summed E-state index contributed by atoms with van der Waals surface area (Å²) in [7, 11) is 1.26. The summed E-state index contributed by atoms with van der Waals surface area (Å²) in [4.78, 5) is 15.0. The highest BCUT2D eigenvalue weighted by Crippen LogP contribution is 2.21. The van der Waals surface area contributed by atoms with Gasteiger partial charge in [-0.15, -0.1) is 0 Å². The van der Waals surface area contributed by atoms with Gasteiger partial charge in [0.05, 0.1) is 12.8 Å². The van der Waals surface area contributed by atoms with Gasteiger partial charge in [-0.05, 0) is 12.1 Å². The summed E-state index contributed by atoms with van der Waals surface area (Å²) in [6.07, 6.45) is 0. The largest absolute Gasteiger partial charge is 0.462 e. The van der Waals surface area contributed by atoms with Gasteiger partial charge < -0.3 is 14.9 Å². The van der Waals surface area contributed by atoms with Gasteiger partial charge in [-0.1, -0.05) is 6.07 Å². The molecule has 5 heteroatoms. The number of nitrogens with zero attached hydrogens (tertiary/aromatic N) is 1. The van der Waals surface area contributed by atoms with Crippen LogP contribution >= 0.6 is 0 Å². The number of nitrogens with two attached hydrogens (primary N) is 1. The molecular formula is C9H8N2O3. The second-order valence-electron chi connectivity index (χ2n) is 2.71. The van der Waals surface area contributed by atoms with Crippen LogP contribution in [0.1, 0.15) is 10.7 Å². The molecule has 2 rings (SSSR count). The lowest BCUT2D eigenvalue weighted by molar-refractivity contribution is 0.0559. The first-order valence-corrected chi connectivity index (χ1v) is 3.95. The van der Waals surface area contributed by atoms with Gasteiger partial charge >= 0.3 is 11.9 Å². The summed E-state index contributed by atoms with van der Waals surface area (Å²) >= 11 is 0.